The number of hydrogen-bond acceptors (Lipinski definition) is 5. The van der Waals surface area contributed by atoms with E-state index in [0.717, 1.165) is 62.9 Å². The molecular weight excluding hydrogens is 468 g/mol. The molecule has 37 heavy (non-hydrogen) atoms. The molecule has 5 aromatic rings. The second-order valence-electron chi connectivity index (χ2n) is 11.1. The molecule has 4 heterocycles. The number of imidazole rings is 1. The van der Waals surface area contributed by atoms with E-state index in [-0.39, 0.29) is 11.7 Å². The average molecular weight is 501 g/mol. The summed E-state index contributed by atoms with van der Waals surface area (Å²) in [5, 5.41) is 25.7. The molecule has 1 aromatic carbocycles. The van der Waals surface area contributed by atoms with Crippen LogP contribution in [0, 0.1) is 0 Å². The summed E-state index contributed by atoms with van der Waals surface area (Å²) in [4.78, 5) is 21.9. The molecule has 0 bridgehead atoms. The van der Waals surface area contributed by atoms with Crippen LogP contribution in [0.3, 0.4) is 0 Å². The number of nitrogens with zero attached hydrogens (tertiary/aromatic N) is 5. The van der Waals surface area contributed by atoms with Crippen molar-refractivity contribution in [3.05, 3.63) is 58.3 Å². The molecule has 9 heteroatoms. The smallest absolute Gasteiger partial charge is 0.329 e. The number of rotatable bonds is 5. The van der Waals surface area contributed by atoms with Gasteiger partial charge in [-0.05, 0) is 63.8 Å². The molecular formula is C28H32N6O3. The van der Waals surface area contributed by atoms with Crippen LogP contribution in [0.2, 0.25) is 0 Å². The highest BCUT2D eigenvalue weighted by Crippen LogP contribution is 2.38. The molecule has 192 valence electrons. The molecule has 0 aliphatic heterocycles. The van der Waals surface area contributed by atoms with Crippen LogP contribution in [0.15, 0.2) is 41.5 Å². The second-order valence-corrected chi connectivity index (χ2v) is 11.1. The Morgan fingerprint density at radius 2 is 1.97 bits per heavy atom. The lowest BCUT2D eigenvalue weighted by molar-refractivity contribution is 0.0577. The molecule has 4 aromatic heterocycles. The van der Waals surface area contributed by atoms with E-state index in [1.165, 1.54) is 0 Å². The first-order chi connectivity index (χ1) is 17.5. The molecule has 3 N–H and O–H groups in total. The number of aliphatic hydroxyl groups excluding tert-OH is 1. The van der Waals surface area contributed by atoms with Crippen LogP contribution in [-0.2, 0) is 20.0 Å². The third-order valence-corrected chi connectivity index (χ3v) is 7.27. The lowest BCUT2D eigenvalue weighted by Gasteiger charge is -2.16. The summed E-state index contributed by atoms with van der Waals surface area (Å²) in [5.74, 6) is 0. The highest BCUT2D eigenvalue weighted by molar-refractivity contribution is 6.08. The van der Waals surface area contributed by atoms with Gasteiger partial charge in [0.1, 0.15) is 5.65 Å². The quantitative estimate of drug-likeness (QED) is 0.337. The minimum absolute atomic E-state index is 0.0438. The highest BCUT2D eigenvalue weighted by Gasteiger charge is 2.25. The van der Waals surface area contributed by atoms with Crippen molar-refractivity contribution in [3.8, 4) is 22.5 Å². The zero-order chi connectivity index (χ0) is 26.2. The van der Waals surface area contributed by atoms with Gasteiger partial charge >= 0.3 is 5.69 Å². The summed E-state index contributed by atoms with van der Waals surface area (Å²) >= 11 is 0. The van der Waals surface area contributed by atoms with Crippen molar-refractivity contribution >= 4 is 22.1 Å². The van der Waals surface area contributed by atoms with Crippen LogP contribution in [0.25, 0.3) is 44.6 Å². The molecule has 1 aliphatic rings. The number of hydrogen-bond donors (Lipinski definition) is 3. The van der Waals surface area contributed by atoms with Gasteiger partial charge in [-0.15, -0.1) is 0 Å². The summed E-state index contributed by atoms with van der Waals surface area (Å²) in [6.45, 7) is 7.90. The number of H-pyrrole nitrogens is 1. The fraction of sp³-hybridized carbons (Fsp3) is 0.393. The normalized spacial score (nSPS) is 15.9. The van der Waals surface area contributed by atoms with Gasteiger partial charge in [-0.1, -0.05) is 12.1 Å². The standard InChI is InChI=1S/C28H32N6O3/c1-15(2)34-24-20-11-21(18-12-29-33(13-18)14-28(3,4)37)30-26(20)31-23(25(24)32(5)27(34)36)17-6-8-19-16(10-17)7-9-22(19)35/h6,8,10-13,15,22,35,37H,7,9,14H2,1-5H3,(H,30,31). The molecule has 0 amide bonds. The van der Waals surface area contributed by atoms with Gasteiger partial charge in [0.15, 0.2) is 0 Å². The van der Waals surface area contributed by atoms with Crippen molar-refractivity contribution in [3.63, 3.8) is 0 Å². The zero-order valence-corrected chi connectivity index (χ0v) is 21.8. The number of nitrogens with one attached hydrogen (secondary N) is 1. The number of aliphatic hydroxyl groups is 2. The first-order valence-electron chi connectivity index (χ1n) is 12.7. The molecule has 0 radical (unpaired) electrons. The molecule has 6 rings (SSSR count). The number of aromatic amines is 1. The zero-order valence-electron chi connectivity index (χ0n) is 21.8. The summed E-state index contributed by atoms with van der Waals surface area (Å²) in [6, 6.07) is 8.05. The maximum absolute atomic E-state index is 13.4. The Morgan fingerprint density at radius 1 is 1.19 bits per heavy atom. The summed E-state index contributed by atoms with van der Waals surface area (Å²) in [7, 11) is 1.80. The predicted octanol–water partition coefficient (Wildman–Crippen LogP) is 4.08. The van der Waals surface area contributed by atoms with Gasteiger partial charge in [0.25, 0.3) is 0 Å². The van der Waals surface area contributed by atoms with Crippen molar-refractivity contribution in [2.45, 2.75) is 64.8 Å². The van der Waals surface area contributed by atoms with E-state index in [2.05, 4.69) is 16.1 Å². The van der Waals surface area contributed by atoms with E-state index in [0.29, 0.717) is 12.2 Å². The maximum Gasteiger partial charge on any atom is 0.329 e. The number of aromatic nitrogens is 6. The average Bonchev–Trinajstić information content (AvgIpc) is 3.58. The van der Waals surface area contributed by atoms with Crippen LogP contribution in [-0.4, -0.2) is 44.7 Å². The molecule has 0 fully saturated rings. The molecule has 1 atom stereocenters. The fourth-order valence-corrected chi connectivity index (χ4v) is 5.60. The first-order valence-corrected chi connectivity index (χ1v) is 12.7. The van der Waals surface area contributed by atoms with Crippen LogP contribution in [0.4, 0.5) is 0 Å². The third kappa shape index (κ3) is 3.81. The van der Waals surface area contributed by atoms with E-state index in [4.69, 9.17) is 4.98 Å². The fourth-order valence-electron chi connectivity index (χ4n) is 5.60. The Balaban J connectivity index is 1.60. The minimum Gasteiger partial charge on any atom is -0.389 e. The third-order valence-electron chi connectivity index (χ3n) is 7.27. The first kappa shape index (κ1) is 23.7. The monoisotopic (exact) mass is 500 g/mol. The topological polar surface area (TPSA) is 114 Å². The Hall–Kier alpha value is -3.69. The minimum atomic E-state index is -0.879. The summed E-state index contributed by atoms with van der Waals surface area (Å²) in [5.41, 5.74) is 6.82. The lowest BCUT2D eigenvalue weighted by atomic mass is 10.0. The van der Waals surface area contributed by atoms with Gasteiger partial charge in [-0.3, -0.25) is 13.8 Å². The maximum atomic E-state index is 13.4. The van der Waals surface area contributed by atoms with E-state index >= 15 is 0 Å². The number of pyridine rings is 1. The van der Waals surface area contributed by atoms with Gasteiger partial charge in [-0.25, -0.2) is 9.78 Å². The van der Waals surface area contributed by atoms with Crippen LogP contribution >= 0.6 is 0 Å². The second kappa shape index (κ2) is 8.16. The van der Waals surface area contributed by atoms with Crippen molar-refractivity contribution in [1.29, 1.82) is 0 Å². The van der Waals surface area contributed by atoms with Gasteiger partial charge < -0.3 is 15.2 Å². The molecule has 9 nitrogen and oxygen atoms in total. The predicted molar refractivity (Wildman–Crippen MR) is 143 cm³/mol. The van der Waals surface area contributed by atoms with E-state index in [1.54, 1.807) is 36.3 Å². The lowest BCUT2D eigenvalue weighted by Crippen LogP contribution is -2.26. The van der Waals surface area contributed by atoms with E-state index < -0.39 is 11.7 Å². The van der Waals surface area contributed by atoms with E-state index in [1.807, 2.05) is 42.8 Å². The Labute approximate surface area is 214 Å². The van der Waals surface area contributed by atoms with Gasteiger partial charge in [0.2, 0.25) is 0 Å². The summed E-state index contributed by atoms with van der Waals surface area (Å²) in [6.07, 6.45) is 4.79. The number of aryl methyl sites for hydroxylation is 2. The van der Waals surface area contributed by atoms with Crippen molar-refractivity contribution < 1.29 is 10.2 Å². The van der Waals surface area contributed by atoms with Gasteiger partial charge in [0, 0.05) is 35.8 Å². The van der Waals surface area contributed by atoms with Gasteiger partial charge in [0.05, 0.1) is 46.9 Å². The molecule has 0 saturated carbocycles. The van der Waals surface area contributed by atoms with Crippen LogP contribution in [0.5, 0.6) is 0 Å². The van der Waals surface area contributed by atoms with Crippen molar-refractivity contribution in [2.24, 2.45) is 7.05 Å². The SMILES string of the molecule is CC(C)n1c(=O)n(C)c2c(-c3ccc4c(c3)CCC4O)nc3[nH]c(-c4cnn(CC(C)(C)O)c4)cc3c21. The molecule has 0 spiro atoms. The molecule has 1 aliphatic carbocycles. The highest BCUT2D eigenvalue weighted by atomic mass is 16.3. The summed E-state index contributed by atoms with van der Waals surface area (Å²) < 4.78 is 5.24. The Bertz CT molecular complexity index is 1730. The number of fused-ring (bicyclic) bond motifs is 4. The van der Waals surface area contributed by atoms with Crippen molar-refractivity contribution in [1.82, 2.24) is 28.9 Å². The molecule has 1 unspecified atom stereocenters. The van der Waals surface area contributed by atoms with E-state index in [9.17, 15) is 15.0 Å². The van der Waals surface area contributed by atoms with Crippen LogP contribution in [0.1, 0.15) is 57.4 Å². The number of benzene rings is 1. The van der Waals surface area contributed by atoms with Gasteiger partial charge in [-0.2, -0.15) is 5.10 Å². The Morgan fingerprint density at radius 3 is 2.70 bits per heavy atom. The Kier molecular flexibility index (Phi) is 5.22. The van der Waals surface area contributed by atoms with Crippen LogP contribution < -0.4 is 5.69 Å². The van der Waals surface area contributed by atoms with Crippen molar-refractivity contribution in [2.75, 3.05) is 0 Å². The molecule has 0 saturated heterocycles. The largest absolute Gasteiger partial charge is 0.389 e.